The summed E-state index contributed by atoms with van der Waals surface area (Å²) in [5, 5.41) is 0. The molecule has 0 fully saturated rings. The lowest BCUT2D eigenvalue weighted by molar-refractivity contribution is 0.276. The van der Waals surface area contributed by atoms with Crippen molar-refractivity contribution in [3.8, 4) is 0 Å². The number of fused-ring (bicyclic) bond motifs is 1. The summed E-state index contributed by atoms with van der Waals surface area (Å²) in [6, 6.07) is 6.98. The van der Waals surface area contributed by atoms with Gasteiger partial charge in [-0.1, -0.05) is 44.4 Å². The molecule has 0 aliphatic carbocycles. The van der Waals surface area contributed by atoms with Gasteiger partial charge in [0.25, 0.3) is 0 Å². The Morgan fingerprint density at radius 2 is 1.90 bits per heavy atom. The van der Waals surface area contributed by atoms with Crippen LogP contribution in [0.4, 0.5) is 5.69 Å². The van der Waals surface area contributed by atoms with Gasteiger partial charge in [0.05, 0.1) is 0 Å². The lowest BCUT2D eigenvalue weighted by Gasteiger charge is -2.41. The zero-order valence-electron chi connectivity index (χ0n) is 14.0. The van der Waals surface area contributed by atoms with Crippen LogP contribution in [0.5, 0.6) is 0 Å². The Morgan fingerprint density at radius 3 is 2.52 bits per heavy atom. The maximum Gasteiger partial charge on any atom is 0.0399 e. The molecule has 1 heterocycles. The second kappa shape index (κ2) is 7.58. The molecular weight excluding hydrogens is 274 g/mol. The topological polar surface area (TPSA) is 3.24 Å². The highest BCUT2D eigenvalue weighted by molar-refractivity contribution is 7.80. The molecule has 0 spiro atoms. The number of benzene rings is 1. The predicted molar refractivity (Wildman–Crippen MR) is 97.8 cm³/mol. The normalized spacial score (nSPS) is 15.1. The molecule has 1 aromatic rings. The Hall–Kier alpha value is -0.630. The second-order valence-corrected chi connectivity index (χ2v) is 7.13. The van der Waals surface area contributed by atoms with Crippen LogP contribution >= 0.6 is 12.6 Å². The molecule has 0 radical (unpaired) electrons. The molecule has 1 aliphatic rings. The number of aryl methyl sites for hydroxylation is 2. The monoisotopic (exact) mass is 305 g/mol. The smallest absolute Gasteiger partial charge is 0.0399 e. The van der Waals surface area contributed by atoms with Crippen molar-refractivity contribution in [2.24, 2.45) is 5.41 Å². The van der Waals surface area contributed by atoms with Crippen LogP contribution in [0.2, 0.25) is 0 Å². The third-order valence-corrected chi connectivity index (χ3v) is 5.54. The number of anilines is 1. The zero-order chi connectivity index (χ0) is 15.3. The largest absolute Gasteiger partial charge is 0.371 e. The molecule has 118 valence electrons. The summed E-state index contributed by atoms with van der Waals surface area (Å²) in [4.78, 5) is 2.64. The molecule has 0 saturated heterocycles. The minimum Gasteiger partial charge on any atom is -0.371 e. The Kier molecular flexibility index (Phi) is 6.04. The van der Waals surface area contributed by atoms with Crippen molar-refractivity contribution in [3.63, 3.8) is 0 Å². The summed E-state index contributed by atoms with van der Waals surface area (Å²) in [5.74, 6) is 1.01. The van der Waals surface area contributed by atoms with Crippen molar-refractivity contribution >= 4 is 18.3 Å². The van der Waals surface area contributed by atoms with Gasteiger partial charge in [-0.25, -0.2) is 0 Å². The molecule has 0 atom stereocenters. The van der Waals surface area contributed by atoms with E-state index in [9.17, 15) is 0 Å². The summed E-state index contributed by atoms with van der Waals surface area (Å²) < 4.78 is 0. The van der Waals surface area contributed by atoms with E-state index in [2.05, 4.69) is 43.9 Å². The van der Waals surface area contributed by atoms with Gasteiger partial charge >= 0.3 is 0 Å². The maximum absolute atomic E-state index is 4.73. The van der Waals surface area contributed by atoms with E-state index in [-0.39, 0.29) is 0 Å². The van der Waals surface area contributed by atoms with Crippen LogP contribution in [-0.4, -0.2) is 18.8 Å². The SMILES string of the molecule is CCCC(CS)(CCC)CN1CCCc2cc(C)ccc21. The molecule has 0 aromatic heterocycles. The van der Waals surface area contributed by atoms with Crippen LogP contribution in [0.25, 0.3) is 0 Å². The van der Waals surface area contributed by atoms with Crippen LogP contribution in [0, 0.1) is 12.3 Å². The average Bonchev–Trinajstić information content (AvgIpc) is 2.47. The average molecular weight is 306 g/mol. The van der Waals surface area contributed by atoms with Crippen molar-refractivity contribution in [1.82, 2.24) is 0 Å². The van der Waals surface area contributed by atoms with Gasteiger partial charge in [-0.05, 0) is 55.4 Å². The molecule has 21 heavy (non-hydrogen) atoms. The van der Waals surface area contributed by atoms with Crippen molar-refractivity contribution in [2.75, 3.05) is 23.7 Å². The molecule has 2 rings (SSSR count). The second-order valence-electron chi connectivity index (χ2n) is 6.82. The lowest BCUT2D eigenvalue weighted by Crippen LogP contribution is -2.41. The highest BCUT2D eigenvalue weighted by Gasteiger charge is 2.31. The molecule has 1 nitrogen and oxygen atoms in total. The first kappa shape index (κ1) is 16.7. The maximum atomic E-state index is 4.73. The van der Waals surface area contributed by atoms with Crippen LogP contribution in [0.3, 0.4) is 0 Å². The van der Waals surface area contributed by atoms with Gasteiger partial charge in [0.15, 0.2) is 0 Å². The van der Waals surface area contributed by atoms with Crippen molar-refractivity contribution < 1.29 is 0 Å². The number of hydrogen-bond acceptors (Lipinski definition) is 2. The van der Waals surface area contributed by atoms with Crippen LogP contribution < -0.4 is 4.90 Å². The van der Waals surface area contributed by atoms with Gasteiger partial charge in [0, 0.05) is 18.8 Å². The van der Waals surface area contributed by atoms with E-state index in [1.165, 1.54) is 62.9 Å². The fourth-order valence-electron chi connectivity index (χ4n) is 3.92. The molecule has 2 heteroatoms. The van der Waals surface area contributed by atoms with Gasteiger partial charge in [-0.3, -0.25) is 0 Å². The van der Waals surface area contributed by atoms with Crippen molar-refractivity contribution in [2.45, 2.75) is 59.3 Å². The van der Waals surface area contributed by atoms with E-state index in [1.807, 2.05) is 0 Å². The minimum atomic E-state index is 0.381. The summed E-state index contributed by atoms with van der Waals surface area (Å²) in [7, 11) is 0. The van der Waals surface area contributed by atoms with E-state index < -0.39 is 0 Å². The standard InChI is InChI=1S/C19H31NS/c1-4-10-19(15-21,11-5-2)14-20-12-6-7-17-13-16(3)8-9-18(17)20/h8-9,13,21H,4-7,10-12,14-15H2,1-3H3. The van der Waals surface area contributed by atoms with E-state index in [0.29, 0.717) is 5.41 Å². The molecule has 0 N–H and O–H groups in total. The van der Waals surface area contributed by atoms with E-state index in [1.54, 1.807) is 5.56 Å². The van der Waals surface area contributed by atoms with Crippen molar-refractivity contribution in [1.29, 1.82) is 0 Å². The van der Waals surface area contributed by atoms with Crippen LogP contribution in [0.1, 0.15) is 57.1 Å². The fraction of sp³-hybridized carbons (Fsp3) is 0.684. The van der Waals surface area contributed by atoms with Crippen LogP contribution in [0.15, 0.2) is 18.2 Å². The Labute approximate surface area is 136 Å². The first-order chi connectivity index (χ1) is 10.1. The van der Waals surface area contributed by atoms with Gasteiger partial charge < -0.3 is 4.90 Å². The molecule has 0 unspecified atom stereocenters. The summed E-state index contributed by atoms with van der Waals surface area (Å²) in [6.07, 6.45) is 7.63. The van der Waals surface area contributed by atoms with Gasteiger partial charge in [-0.15, -0.1) is 0 Å². The highest BCUT2D eigenvalue weighted by Crippen LogP contribution is 2.36. The van der Waals surface area contributed by atoms with Gasteiger partial charge in [0.2, 0.25) is 0 Å². The number of rotatable bonds is 7. The quantitative estimate of drug-likeness (QED) is 0.672. The predicted octanol–water partition coefficient (Wildman–Crippen LogP) is 5.26. The van der Waals surface area contributed by atoms with Gasteiger partial charge in [-0.2, -0.15) is 12.6 Å². The molecule has 0 bridgehead atoms. The third kappa shape index (κ3) is 3.97. The van der Waals surface area contributed by atoms with Crippen molar-refractivity contribution in [3.05, 3.63) is 29.3 Å². The molecule has 1 aromatic carbocycles. The van der Waals surface area contributed by atoms with Gasteiger partial charge in [0.1, 0.15) is 0 Å². The molecule has 0 saturated carbocycles. The van der Waals surface area contributed by atoms with E-state index in [4.69, 9.17) is 12.6 Å². The molecule has 0 amide bonds. The first-order valence-corrected chi connectivity index (χ1v) is 9.22. The third-order valence-electron chi connectivity index (χ3n) is 4.87. The van der Waals surface area contributed by atoms with E-state index >= 15 is 0 Å². The lowest BCUT2D eigenvalue weighted by atomic mass is 9.80. The fourth-order valence-corrected chi connectivity index (χ4v) is 4.34. The Morgan fingerprint density at radius 1 is 1.19 bits per heavy atom. The number of hydrogen-bond donors (Lipinski definition) is 1. The minimum absolute atomic E-state index is 0.381. The summed E-state index contributed by atoms with van der Waals surface area (Å²) in [6.45, 7) is 9.20. The summed E-state index contributed by atoms with van der Waals surface area (Å²) in [5.41, 5.74) is 4.79. The van der Waals surface area contributed by atoms with E-state index in [0.717, 1.165) is 5.75 Å². The van der Waals surface area contributed by atoms with Crippen LogP contribution in [-0.2, 0) is 6.42 Å². The zero-order valence-corrected chi connectivity index (χ0v) is 14.9. The number of thiol groups is 1. The molecular formula is C19H31NS. The Bertz CT molecular complexity index is 449. The molecule has 1 aliphatic heterocycles. The Balaban J connectivity index is 2.22. The first-order valence-electron chi connectivity index (χ1n) is 8.59. The number of nitrogens with zero attached hydrogens (tertiary/aromatic N) is 1. The summed E-state index contributed by atoms with van der Waals surface area (Å²) >= 11 is 4.73. The highest BCUT2D eigenvalue weighted by atomic mass is 32.1.